The molecule has 1 aliphatic carbocycles. The average Bonchev–Trinajstić information content (AvgIpc) is 2.35. The number of carbonyl (C=O) groups is 1. The first-order valence-electron chi connectivity index (χ1n) is 6.10. The molecule has 0 saturated heterocycles. The predicted molar refractivity (Wildman–Crippen MR) is 61.0 cm³/mol. The number of nitrogens with zero attached hydrogens (tertiary/aromatic N) is 1. The fourth-order valence-electron chi connectivity index (χ4n) is 2.23. The molecule has 1 heterocycles. The molecule has 0 radical (unpaired) electrons. The van der Waals surface area contributed by atoms with Crippen LogP contribution in [0.5, 0.6) is 0 Å². The smallest absolute Gasteiger partial charge is 0.341 e. The molecule has 2 rings (SSSR count). The van der Waals surface area contributed by atoms with Gasteiger partial charge in [0.1, 0.15) is 11.7 Å². The van der Waals surface area contributed by atoms with Gasteiger partial charge in [-0.05, 0) is 31.2 Å². The Labute approximate surface area is 104 Å². The summed E-state index contributed by atoms with van der Waals surface area (Å²) in [5, 5.41) is 0. The van der Waals surface area contributed by atoms with Crippen LogP contribution in [0.4, 0.5) is 8.78 Å². The molecule has 0 bridgehead atoms. The lowest BCUT2D eigenvalue weighted by Crippen LogP contribution is -2.28. The third kappa shape index (κ3) is 2.66. The maximum atomic E-state index is 13.4. The standard InChI is InChI=1S/C13H15F2NO2/c1-8-4-2-3-5-10(8)18-13(17)9-6-7-16-12(15)11(9)14/h6-8,10H,2-5H2,1H3. The van der Waals surface area contributed by atoms with E-state index < -0.39 is 17.7 Å². The molecule has 1 fully saturated rings. The highest BCUT2D eigenvalue weighted by Gasteiger charge is 2.27. The number of esters is 1. The molecule has 1 aliphatic rings. The number of ether oxygens (including phenoxy) is 1. The Morgan fingerprint density at radius 3 is 2.83 bits per heavy atom. The quantitative estimate of drug-likeness (QED) is 0.602. The fourth-order valence-corrected chi connectivity index (χ4v) is 2.23. The zero-order valence-electron chi connectivity index (χ0n) is 10.2. The summed E-state index contributed by atoms with van der Waals surface area (Å²) in [6.07, 6.45) is 4.73. The van der Waals surface area contributed by atoms with Crippen LogP contribution in [0, 0.1) is 17.7 Å². The molecule has 1 saturated carbocycles. The number of rotatable bonds is 2. The lowest BCUT2D eigenvalue weighted by Gasteiger charge is -2.28. The summed E-state index contributed by atoms with van der Waals surface area (Å²) in [4.78, 5) is 14.9. The van der Waals surface area contributed by atoms with Gasteiger partial charge in [0.2, 0.25) is 5.95 Å². The summed E-state index contributed by atoms with van der Waals surface area (Å²) >= 11 is 0. The van der Waals surface area contributed by atoms with E-state index in [0.717, 1.165) is 37.9 Å². The zero-order valence-corrected chi connectivity index (χ0v) is 10.2. The number of halogens is 2. The molecule has 0 aliphatic heterocycles. The summed E-state index contributed by atoms with van der Waals surface area (Å²) in [7, 11) is 0. The molecule has 0 aromatic carbocycles. The summed E-state index contributed by atoms with van der Waals surface area (Å²) in [6.45, 7) is 2.00. The molecular formula is C13H15F2NO2. The Bertz CT molecular complexity index is 451. The van der Waals surface area contributed by atoms with Crippen molar-refractivity contribution in [2.75, 3.05) is 0 Å². The summed E-state index contributed by atoms with van der Waals surface area (Å²) in [5.41, 5.74) is -0.389. The topological polar surface area (TPSA) is 39.2 Å². The molecule has 18 heavy (non-hydrogen) atoms. The van der Waals surface area contributed by atoms with Crippen LogP contribution in [-0.2, 0) is 4.74 Å². The lowest BCUT2D eigenvalue weighted by atomic mass is 9.88. The molecule has 2 atom stereocenters. The molecule has 0 amide bonds. The first kappa shape index (κ1) is 12.9. The number of pyridine rings is 1. The second-order valence-corrected chi connectivity index (χ2v) is 4.67. The van der Waals surface area contributed by atoms with Crippen LogP contribution in [0.15, 0.2) is 12.3 Å². The van der Waals surface area contributed by atoms with Gasteiger partial charge >= 0.3 is 5.97 Å². The highest BCUT2D eigenvalue weighted by atomic mass is 19.2. The van der Waals surface area contributed by atoms with Crippen molar-refractivity contribution in [3.8, 4) is 0 Å². The van der Waals surface area contributed by atoms with Crippen molar-refractivity contribution in [2.45, 2.75) is 38.7 Å². The number of aromatic nitrogens is 1. The predicted octanol–water partition coefficient (Wildman–Crippen LogP) is 3.10. The molecule has 0 N–H and O–H groups in total. The van der Waals surface area contributed by atoms with Gasteiger partial charge in [-0.25, -0.2) is 14.2 Å². The minimum atomic E-state index is -1.28. The molecule has 98 valence electrons. The van der Waals surface area contributed by atoms with Crippen LogP contribution >= 0.6 is 0 Å². The van der Waals surface area contributed by atoms with Gasteiger partial charge in [-0.2, -0.15) is 4.39 Å². The van der Waals surface area contributed by atoms with E-state index in [9.17, 15) is 13.6 Å². The molecule has 0 spiro atoms. The summed E-state index contributed by atoms with van der Waals surface area (Å²) < 4.78 is 31.5. The van der Waals surface area contributed by atoms with Crippen molar-refractivity contribution in [3.05, 3.63) is 29.6 Å². The average molecular weight is 255 g/mol. The van der Waals surface area contributed by atoms with Crippen LogP contribution in [0.2, 0.25) is 0 Å². The van der Waals surface area contributed by atoms with Crippen molar-refractivity contribution < 1.29 is 18.3 Å². The van der Waals surface area contributed by atoms with E-state index in [1.165, 1.54) is 0 Å². The molecule has 1 aromatic heterocycles. The van der Waals surface area contributed by atoms with E-state index in [1.807, 2.05) is 6.92 Å². The molecular weight excluding hydrogens is 240 g/mol. The van der Waals surface area contributed by atoms with Crippen LogP contribution < -0.4 is 0 Å². The molecule has 5 heteroatoms. The van der Waals surface area contributed by atoms with Crippen molar-refractivity contribution in [3.63, 3.8) is 0 Å². The normalized spacial score (nSPS) is 23.7. The van der Waals surface area contributed by atoms with Crippen LogP contribution in [0.3, 0.4) is 0 Å². The number of hydrogen-bond acceptors (Lipinski definition) is 3. The largest absolute Gasteiger partial charge is 0.458 e. The Hall–Kier alpha value is -1.52. The maximum absolute atomic E-state index is 13.4. The highest BCUT2D eigenvalue weighted by molar-refractivity contribution is 5.89. The van der Waals surface area contributed by atoms with E-state index in [0.29, 0.717) is 0 Å². The number of carbonyl (C=O) groups excluding carboxylic acids is 1. The molecule has 3 nitrogen and oxygen atoms in total. The SMILES string of the molecule is CC1CCCCC1OC(=O)c1ccnc(F)c1F. The molecule has 1 aromatic rings. The second-order valence-electron chi connectivity index (χ2n) is 4.67. The third-order valence-electron chi connectivity index (χ3n) is 3.36. The van der Waals surface area contributed by atoms with Crippen molar-refractivity contribution in [1.29, 1.82) is 0 Å². The van der Waals surface area contributed by atoms with E-state index >= 15 is 0 Å². The van der Waals surface area contributed by atoms with Crippen molar-refractivity contribution in [1.82, 2.24) is 4.98 Å². The zero-order chi connectivity index (χ0) is 13.1. The Morgan fingerprint density at radius 2 is 2.11 bits per heavy atom. The maximum Gasteiger partial charge on any atom is 0.341 e. The van der Waals surface area contributed by atoms with Gasteiger partial charge in [-0.3, -0.25) is 0 Å². The van der Waals surface area contributed by atoms with Gasteiger partial charge in [0.25, 0.3) is 0 Å². The van der Waals surface area contributed by atoms with Crippen LogP contribution in [-0.4, -0.2) is 17.1 Å². The minimum absolute atomic E-state index is 0.207. The van der Waals surface area contributed by atoms with Gasteiger partial charge in [-0.15, -0.1) is 0 Å². The monoisotopic (exact) mass is 255 g/mol. The van der Waals surface area contributed by atoms with E-state index in [-0.39, 0.29) is 17.6 Å². The third-order valence-corrected chi connectivity index (χ3v) is 3.36. The first-order valence-corrected chi connectivity index (χ1v) is 6.10. The summed E-state index contributed by atoms with van der Waals surface area (Å²) in [5.74, 6) is -3.07. The second kappa shape index (κ2) is 5.42. The fraction of sp³-hybridized carbons (Fsp3) is 0.538. The van der Waals surface area contributed by atoms with E-state index in [4.69, 9.17) is 4.74 Å². The van der Waals surface area contributed by atoms with Gasteiger partial charge in [-0.1, -0.05) is 13.3 Å². The van der Waals surface area contributed by atoms with Crippen LogP contribution in [0.25, 0.3) is 0 Å². The van der Waals surface area contributed by atoms with Crippen LogP contribution in [0.1, 0.15) is 43.0 Å². The Balaban J connectivity index is 2.09. The first-order chi connectivity index (χ1) is 8.59. The van der Waals surface area contributed by atoms with Crippen molar-refractivity contribution in [2.24, 2.45) is 5.92 Å². The number of hydrogen-bond donors (Lipinski definition) is 0. The summed E-state index contributed by atoms with van der Waals surface area (Å²) in [6, 6.07) is 1.13. The lowest BCUT2D eigenvalue weighted by molar-refractivity contribution is 0.00423. The van der Waals surface area contributed by atoms with Gasteiger partial charge in [0, 0.05) is 6.20 Å². The van der Waals surface area contributed by atoms with Gasteiger partial charge < -0.3 is 4.74 Å². The molecule has 2 unspecified atom stereocenters. The van der Waals surface area contributed by atoms with Gasteiger partial charge in [0.15, 0.2) is 5.82 Å². The Kier molecular flexibility index (Phi) is 3.89. The van der Waals surface area contributed by atoms with Gasteiger partial charge in [0.05, 0.1) is 0 Å². The minimum Gasteiger partial charge on any atom is -0.458 e. The highest BCUT2D eigenvalue weighted by Crippen LogP contribution is 2.27. The Morgan fingerprint density at radius 1 is 1.39 bits per heavy atom. The van der Waals surface area contributed by atoms with E-state index in [2.05, 4.69) is 4.98 Å². The van der Waals surface area contributed by atoms with E-state index in [1.54, 1.807) is 0 Å². The van der Waals surface area contributed by atoms with Crippen molar-refractivity contribution >= 4 is 5.97 Å².